The highest BCUT2D eigenvalue weighted by atomic mass is 35.5. The van der Waals surface area contributed by atoms with E-state index >= 15 is 0 Å². The molecule has 15 heavy (non-hydrogen) atoms. The van der Waals surface area contributed by atoms with E-state index in [9.17, 15) is 4.79 Å². The van der Waals surface area contributed by atoms with Crippen LogP contribution in [0.25, 0.3) is 0 Å². The van der Waals surface area contributed by atoms with Gasteiger partial charge in [0.1, 0.15) is 11.5 Å². The number of hydrogen-bond acceptors (Lipinski definition) is 3. The Hall–Kier alpha value is -1.29. The van der Waals surface area contributed by atoms with Crippen LogP contribution in [0.3, 0.4) is 0 Å². The van der Waals surface area contributed by atoms with Crippen molar-refractivity contribution in [3.05, 3.63) is 28.8 Å². The Morgan fingerprint density at radius 2 is 2.40 bits per heavy atom. The highest BCUT2D eigenvalue weighted by Gasteiger charge is 2.14. The van der Waals surface area contributed by atoms with E-state index in [2.05, 4.69) is 9.72 Å². The molecule has 0 radical (unpaired) electrons. The molecule has 5 heteroatoms. The van der Waals surface area contributed by atoms with Crippen LogP contribution in [0.2, 0.25) is 0 Å². The monoisotopic (exact) mass is 228 g/mol. The number of methoxy groups -OCH3 is 1. The first-order chi connectivity index (χ1) is 7.10. The maximum Gasteiger partial charge on any atom is 0.356 e. The first kappa shape index (κ1) is 11.8. The molecule has 4 nitrogen and oxygen atoms in total. The number of carbonyl (C=O) groups excluding carboxylic acids is 1. The zero-order chi connectivity index (χ0) is 11.4. The van der Waals surface area contributed by atoms with E-state index < -0.39 is 5.97 Å². The van der Waals surface area contributed by atoms with Crippen molar-refractivity contribution < 1.29 is 9.53 Å². The van der Waals surface area contributed by atoms with Gasteiger partial charge in [-0.2, -0.15) is 0 Å². The quantitative estimate of drug-likeness (QED) is 0.745. The number of halogens is 1. The molecule has 0 unspecified atom stereocenters. The fourth-order valence-corrected chi connectivity index (χ4v) is 1.29. The lowest BCUT2D eigenvalue weighted by Gasteiger charge is -2.08. The normalized spacial score (nSPS) is 11.6. The molecule has 0 saturated carbocycles. The number of hydrogen-bond donors (Lipinski definition) is 0. The summed E-state index contributed by atoms with van der Waals surface area (Å²) in [6.45, 7) is 4.25. The number of aromatic nitrogens is 2. The lowest BCUT2D eigenvalue weighted by Crippen LogP contribution is -2.12. The Bertz CT molecular complexity index is 396. The summed E-state index contributed by atoms with van der Waals surface area (Å²) in [5, 5.41) is 0. The first-order valence-electron chi connectivity index (χ1n) is 4.46. The van der Waals surface area contributed by atoms with Crippen molar-refractivity contribution in [1.82, 2.24) is 9.55 Å². The fourth-order valence-electron chi connectivity index (χ4n) is 1.22. The molecule has 1 aromatic heterocycles. The number of ether oxygens (including phenoxy) is 1. The molecular formula is C10H13ClN2O2. The maximum absolute atomic E-state index is 11.4. The Balaban J connectivity index is 3.04. The second-order valence-corrected chi connectivity index (χ2v) is 3.44. The summed E-state index contributed by atoms with van der Waals surface area (Å²) < 4.78 is 6.42. The predicted octanol–water partition coefficient (Wildman–Crippen LogP) is 2.12. The molecule has 0 spiro atoms. The van der Waals surface area contributed by atoms with Crippen molar-refractivity contribution in [1.29, 1.82) is 0 Å². The topological polar surface area (TPSA) is 44.1 Å². The van der Waals surface area contributed by atoms with Gasteiger partial charge in [0.2, 0.25) is 0 Å². The third-order valence-corrected chi connectivity index (χ3v) is 2.42. The van der Waals surface area contributed by atoms with Crippen LogP contribution in [-0.2, 0) is 11.3 Å². The van der Waals surface area contributed by atoms with Crippen molar-refractivity contribution in [2.45, 2.75) is 20.4 Å². The zero-order valence-electron chi connectivity index (χ0n) is 8.95. The van der Waals surface area contributed by atoms with E-state index in [1.807, 2.05) is 13.8 Å². The van der Waals surface area contributed by atoms with Gasteiger partial charge in [0.15, 0.2) is 0 Å². The SMILES string of the molecule is COC(=O)c1cnc(C)n1CC(C)=CCl. The third-order valence-electron chi connectivity index (χ3n) is 2.04. The van der Waals surface area contributed by atoms with Gasteiger partial charge in [-0.25, -0.2) is 9.78 Å². The van der Waals surface area contributed by atoms with Gasteiger partial charge in [0.05, 0.1) is 13.3 Å². The van der Waals surface area contributed by atoms with Gasteiger partial charge >= 0.3 is 5.97 Å². The van der Waals surface area contributed by atoms with Crippen LogP contribution in [0, 0.1) is 6.92 Å². The minimum Gasteiger partial charge on any atom is -0.464 e. The zero-order valence-corrected chi connectivity index (χ0v) is 9.71. The molecule has 1 aromatic rings. The van der Waals surface area contributed by atoms with E-state index in [1.165, 1.54) is 18.8 Å². The third kappa shape index (κ3) is 2.59. The highest BCUT2D eigenvalue weighted by molar-refractivity contribution is 6.25. The number of imidazole rings is 1. The van der Waals surface area contributed by atoms with Crippen molar-refractivity contribution >= 4 is 17.6 Å². The Labute approximate surface area is 93.5 Å². The molecule has 0 aliphatic carbocycles. The largest absolute Gasteiger partial charge is 0.464 e. The average molecular weight is 229 g/mol. The van der Waals surface area contributed by atoms with Gasteiger partial charge in [-0.3, -0.25) is 0 Å². The average Bonchev–Trinajstić information content (AvgIpc) is 2.59. The summed E-state index contributed by atoms with van der Waals surface area (Å²) in [5.74, 6) is 0.367. The first-order valence-corrected chi connectivity index (χ1v) is 4.90. The number of nitrogens with zero attached hydrogens (tertiary/aromatic N) is 2. The fraction of sp³-hybridized carbons (Fsp3) is 0.400. The van der Waals surface area contributed by atoms with Gasteiger partial charge in [0.25, 0.3) is 0 Å². The molecule has 1 heterocycles. The van der Waals surface area contributed by atoms with Crippen LogP contribution in [0.5, 0.6) is 0 Å². The number of allylic oxidation sites excluding steroid dienone is 1. The number of aryl methyl sites for hydroxylation is 1. The second kappa shape index (κ2) is 4.98. The van der Waals surface area contributed by atoms with Crippen LogP contribution < -0.4 is 0 Å². The lowest BCUT2D eigenvalue weighted by molar-refractivity contribution is 0.0588. The van der Waals surface area contributed by atoms with Gasteiger partial charge in [-0.1, -0.05) is 11.6 Å². The van der Waals surface area contributed by atoms with Gasteiger partial charge in [-0.15, -0.1) is 0 Å². The number of carbonyl (C=O) groups is 1. The van der Waals surface area contributed by atoms with Gasteiger partial charge < -0.3 is 9.30 Å². The summed E-state index contributed by atoms with van der Waals surface area (Å²) in [7, 11) is 1.35. The summed E-state index contributed by atoms with van der Waals surface area (Å²) in [5.41, 5.74) is 2.87. The maximum atomic E-state index is 11.4. The molecule has 0 saturated heterocycles. The van der Waals surface area contributed by atoms with Crippen molar-refractivity contribution in [2.75, 3.05) is 7.11 Å². The van der Waals surface area contributed by atoms with Crippen molar-refractivity contribution in [3.8, 4) is 0 Å². The van der Waals surface area contributed by atoms with Gasteiger partial charge in [-0.05, 0) is 19.4 Å². The van der Waals surface area contributed by atoms with Crippen LogP contribution >= 0.6 is 11.6 Å². The van der Waals surface area contributed by atoms with Crippen LogP contribution in [0.4, 0.5) is 0 Å². The molecular weight excluding hydrogens is 216 g/mol. The summed E-state index contributed by atoms with van der Waals surface area (Å²) >= 11 is 5.58. The molecule has 0 fully saturated rings. The lowest BCUT2D eigenvalue weighted by atomic mass is 10.3. The van der Waals surface area contributed by atoms with Crippen LogP contribution in [0.1, 0.15) is 23.2 Å². The van der Waals surface area contributed by atoms with E-state index in [0.717, 1.165) is 11.4 Å². The summed E-state index contributed by atoms with van der Waals surface area (Å²) in [6.07, 6.45) is 1.50. The Morgan fingerprint density at radius 1 is 1.73 bits per heavy atom. The van der Waals surface area contributed by atoms with Crippen molar-refractivity contribution in [2.24, 2.45) is 0 Å². The van der Waals surface area contributed by atoms with E-state index in [4.69, 9.17) is 11.6 Å². The molecule has 0 bridgehead atoms. The standard InChI is InChI=1S/C10H13ClN2O2/c1-7(4-11)6-13-8(2)12-5-9(13)10(14)15-3/h4-5H,6H2,1-3H3. The molecule has 0 N–H and O–H groups in total. The molecule has 0 atom stereocenters. The van der Waals surface area contributed by atoms with Crippen LogP contribution in [-0.4, -0.2) is 22.6 Å². The highest BCUT2D eigenvalue weighted by Crippen LogP contribution is 2.10. The van der Waals surface area contributed by atoms with E-state index in [0.29, 0.717) is 12.2 Å². The number of esters is 1. The smallest absolute Gasteiger partial charge is 0.356 e. The van der Waals surface area contributed by atoms with E-state index in [-0.39, 0.29) is 0 Å². The Morgan fingerprint density at radius 3 is 2.93 bits per heavy atom. The van der Waals surface area contributed by atoms with Gasteiger partial charge in [0, 0.05) is 12.1 Å². The molecule has 0 aliphatic heterocycles. The Kier molecular flexibility index (Phi) is 3.91. The molecule has 1 rings (SSSR count). The summed E-state index contributed by atoms with van der Waals surface area (Å²) in [4.78, 5) is 15.4. The minimum absolute atomic E-state index is 0.391. The molecule has 82 valence electrons. The molecule has 0 aliphatic rings. The predicted molar refractivity (Wildman–Crippen MR) is 57.9 cm³/mol. The van der Waals surface area contributed by atoms with E-state index in [1.54, 1.807) is 4.57 Å². The number of rotatable bonds is 3. The van der Waals surface area contributed by atoms with Crippen LogP contribution in [0.15, 0.2) is 17.3 Å². The minimum atomic E-state index is -0.391. The molecule has 0 amide bonds. The molecule has 0 aromatic carbocycles. The second-order valence-electron chi connectivity index (χ2n) is 3.22. The van der Waals surface area contributed by atoms with Crippen molar-refractivity contribution in [3.63, 3.8) is 0 Å². The summed E-state index contributed by atoms with van der Waals surface area (Å²) in [6, 6.07) is 0.